The number of nitrogens with zero attached hydrogens (tertiary/aromatic N) is 3. The van der Waals surface area contributed by atoms with E-state index in [1.165, 1.54) is 11.8 Å². The lowest BCUT2D eigenvalue weighted by Crippen LogP contribution is -2.36. The number of aryl methyl sites for hydroxylation is 1. The van der Waals surface area contributed by atoms with E-state index in [0.29, 0.717) is 11.7 Å². The number of carbonyl (C=O) groups excluding carboxylic acids is 2. The van der Waals surface area contributed by atoms with E-state index in [-0.39, 0.29) is 5.75 Å². The highest BCUT2D eigenvalue weighted by Crippen LogP contribution is 2.24. The Morgan fingerprint density at radius 1 is 1.36 bits per heavy atom. The van der Waals surface area contributed by atoms with E-state index in [2.05, 4.69) is 10.2 Å². The Hall–Kier alpha value is -2.35. The van der Waals surface area contributed by atoms with Gasteiger partial charge in [0.05, 0.1) is 5.75 Å². The van der Waals surface area contributed by atoms with E-state index in [9.17, 15) is 9.59 Å². The Morgan fingerprint density at radius 3 is 2.77 bits per heavy atom. The molecule has 0 aliphatic rings. The number of benzene rings is 1. The van der Waals surface area contributed by atoms with Crippen molar-refractivity contribution in [2.45, 2.75) is 25.5 Å². The number of hydrogen-bond donors (Lipinski definition) is 2. The average molecular weight is 319 g/mol. The van der Waals surface area contributed by atoms with Gasteiger partial charge in [0.25, 0.3) is 0 Å². The van der Waals surface area contributed by atoms with E-state index in [4.69, 9.17) is 5.73 Å². The Kier molecular flexibility index (Phi) is 5.16. The van der Waals surface area contributed by atoms with Crippen LogP contribution in [0.15, 0.2) is 29.4 Å². The topological polar surface area (TPSA) is 103 Å². The second-order valence-corrected chi connectivity index (χ2v) is 5.56. The van der Waals surface area contributed by atoms with Crippen molar-refractivity contribution in [2.75, 3.05) is 5.75 Å². The molecule has 0 unspecified atom stereocenters. The van der Waals surface area contributed by atoms with Crippen LogP contribution in [0.25, 0.3) is 11.4 Å². The number of carbonyl (C=O) groups is 2. The van der Waals surface area contributed by atoms with Gasteiger partial charge in [-0.1, -0.05) is 35.5 Å². The lowest BCUT2D eigenvalue weighted by Gasteiger charge is -2.07. The van der Waals surface area contributed by atoms with Crippen LogP contribution in [0.2, 0.25) is 0 Å². The molecular weight excluding hydrogens is 302 g/mol. The second-order valence-electron chi connectivity index (χ2n) is 4.62. The standard InChI is InChI=1S/C14H17N5O2S/c1-3-19-12(10-6-4-5-9(2)7-10)17-18-14(19)22-8-11(20)16-13(15)21/h4-7H,3,8H2,1-2H3,(H3,15,16,20,21). The van der Waals surface area contributed by atoms with Crippen LogP contribution in [-0.2, 0) is 11.3 Å². The molecule has 3 N–H and O–H groups in total. The number of nitrogens with two attached hydrogens (primary N) is 1. The lowest BCUT2D eigenvalue weighted by molar-refractivity contribution is -0.117. The lowest BCUT2D eigenvalue weighted by atomic mass is 10.1. The molecule has 8 heteroatoms. The summed E-state index contributed by atoms with van der Waals surface area (Å²) in [4.78, 5) is 22.1. The van der Waals surface area contributed by atoms with Crippen LogP contribution in [0.5, 0.6) is 0 Å². The van der Waals surface area contributed by atoms with Gasteiger partial charge >= 0.3 is 6.03 Å². The number of primary amides is 1. The number of rotatable bonds is 5. The van der Waals surface area contributed by atoms with Gasteiger partial charge in [0, 0.05) is 12.1 Å². The highest BCUT2D eigenvalue weighted by atomic mass is 32.2. The summed E-state index contributed by atoms with van der Waals surface area (Å²) in [6.45, 7) is 4.67. The van der Waals surface area contributed by atoms with Gasteiger partial charge in [-0.05, 0) is 19.9 Å². The maximum absolute atomic E-state index is 11.5. The molecule has 0 saturated carbocycles. The predicted octanol–water partition coefficient (Wildman–Crippen LogP) is 1.56. The van der Waals surface area contributed by atoms with Gasteiger partial charge < -0.3 is 10.3 Å². The second kappa shape index (κ2) is 7.08. The molecule has 22 heavy (non-hydrogen) atoms. The average Bonchev–Trinajstić information content (AvgIpc) is 2.87. The molecule has 2 aromatic rings. The third-order valence-electron chi connectivity index (χ3n) is 2.90. The molecule has 0 aliphatic heterocycles. The third-order valence-corrected chi connectivity index (χ3v) is 3.87. The number of hydrogen-bond acceptors (Lipinski definition) is 5. The molecule has 0 atom stereocenters. The normalized spacial score (nSPS) is 10.5. The van der Waals surface area contributed by atoms with Crippen LogP contribution in [0.4, 0.5) is 4.79 Å². The summed E-state index contributed by atoms with van der Waals surface area (Å²) in [6, 6.07) is 7.12. The van der Waals surface area contributed by atoms with Gasteiger partial charge in [-0.15, -0.1) is 10.2 Å². The maximum Gasteiger partial charge on any atom is 0.318 e. The highest BCUT2D eigenvalue weighted by Gasteiger charge is 2.15. The van der Waals surface area contributed by atoms with Crippen LogP contribution >= 0.6 is 11.8 Å². The van der Waals surface area contributed by atoms with Gasteiger partial charge in [0.15, 0.2) is 11.0 Å². The first-order valence-electron chi connectivity index (χ1n) is 6.73. The minimum Gasteiger partial charge on any atom is -0.351 e. The Bertz CT molecular complexity index is 698. The van der Waals surface area contributed by atoms with Gasteiger partial charge in [-0.2, -0.15) is 0 Å². The van der Waals surface area contributed by atoms with Crippen molar-refractivity contribution in [1.82, 2.24) is 20.1 Å². The van der Waals surface area contributed by atoms with Crippen LogP contribution in [0, 0.1) is 6.92 Å². The minimum absolute atomic E-state index is 0.0505. The molecule has 3 amide bonds. The van der Waals surface area contributed by atoms with E-state index in [1.54, 1.807) is 0 Å². The van der Waals surface area contributed by atoms with E-state index >= 15 is 0 Å². The van der Waals surface area contributed by atoms with Crippen molar-refractivity contribution in [2.24, 2.45) is 5.73 Å². The van der Waals surface area contributed by atoms with Crippen molar-refractivity contribution in [3.05, 3.63) is 29.8 Å². The van der Waals surface area contributed by atoms with Gasteiger partial charge in [0.2, 0.25) is 5.91 Å². The molecule has 2 rings (SSSR count). The minimum atomic E-state index is -0.858. The fourth-order valence-electron chi connectivity index (χ4n) is 1.98. The predicted molar refractivity (Wildman–Crippen MR) is 84.3 cm³/mol. The molecule has 0 spiro atoms. The molecule has 1 heterocycles. The first-order valence-corrected chi connectivity index (χ1v) is 7.72. The van der Waals surface area contributed by atoms with Crippen molar-refractivity contribution in [3.63, 3.8) is 0 Å². The van der Waals surface area contributed by atoms with Crippen molar-refractivity contribution < 1.29 is 9.59 Å². The molecule has 1 aromatic carbocycles. The fraction of sp³-hybridized carbons (Fsp3) is 0.286. The summed E-state index contributed by atoms with van der Waals surface area (Å²) >= 11 is 1.21. The summed E-state index contributed by atoms with van der Waals surface area (Å²) < 4.78 is 1.93. The van der Waals surface area contributed by atoms with Crippen molar-refractivity contribution in [3.8, 4) is 11.4 Å². The summed E-state index contributed by atoms with van der Waals surface area (Å²) in [5.74, 6) is 0.346. The third kappa shape index (κ3) is 3.85. The zero-order valence-corrected chi connectivity index (χ0v) is 13.2. The maximum atomic E-state index is 11.5. The number of aromatic nitrogens is 3. The molecule has 0 radical (unpaired) electrons. The van der Waals surface area contributed by atoms with Crippen LogP contribution in [0.3, 0.4) is 0 Å². The van der Waals surface area contributed by atoms with E-state index in [0.717, 1.165) is 17.0 Å². The molecule has 0 fully saturated rings. The number of imide groups is 1. The first kappa shape index (κ1) is 16.0. The van der Waals surface area contributed by atoms with E-state index < -0.39 is 11.9 Å². The number of thioether (sulfide) groups is 1. The zero-order chi connectivity index (χ0) is 16.1. The molecule has 116 valence electrons. The Balaban J connectivity index is 2.17. The van der Waals surface area contributed by atoms with Crippen molar-refractivity contribution >= 4 is 23.7 Å². The summed E-state index contributed by atoms with van der Waals surface area (Å²) in [5, 5.41) is 11.0. The smallest absolute Gasteiger partial charge is 0.318 e. The number of nitrogens with one attached hydrogen (secondary N) is 1. The quantitative estimate of drug-likeness (QED) is 0.814. The monoisotopic (exact) mass is 319 g/mol. The van der Waals surface area contributed by atoms with Gasteiger partial charge in [-0.25, -0.2) is 4.79 Å². The van der Waals surface area contributed by atoms with Crippen LogP contribution < -0.4 is 11.1 Å². The molecule has 1 aromatic heterocycles. The fourth-order valence-corrected chi connectivity index (χ4v) is 2.78. The number of urea groups is 1. The molecular formula is C14H17N5O2S. The molecule has 0 saturated heterocycles. The van der Waals surface area contributed by atoms with Crippen LogP contribution in [0.1, 0.15) is 12.5 Å². The molecule has 0 aliphatic carbocycles. The summed E-state index contributed by atoms with van der Waals surface area (Å²) in [6.07, 6.45) is 0. The Labute approximate surface area is 132 Å². The van der Waals surface area contributed by atoms with Crippen molar-refractivity contribution in [1.29, 1.82) is 0 Å². The Morgan fingerprint density at radius 2 is 2.14 bits per heavy atom. The number of amides is 3. The zero-order valence-electron chi connectivity index (χ0n) is 12.4. The molecule has 7 nitrogen and oxygen atoms in total. The van der Waals surface area contributed by atoms with Gasteiger partial charge in [0.1, 0.15) is 0 Å². The van der Waals surface area contributed by atoms with E-state index in [1.807, 2.05) is 48.0 Å². The van der Waals surface area contributed by atoms with Crippen LogP contribution in [-0.4, -0.2) is 32.5 Å². The largest absolute Gasteiger partial charge is 0.351 e. The first-order chi connectivity index (χ1) is 10.5. The summed E-state index contributed by atoms with van der Waals surface area (Å²) in [7, 11) is 0. The molecule has 0 bridgehead atoms. The highest BCUT2D eigenvalue weighted by molar-refractivity contribution is 7.99. The van der Waals surface area contributed by atoms with Gasteiger partial charge in [-0.3, -0.25) is 10.1 Å². The SMILES string of the molecule is CCn1c(SCC(=O)NC(N)=O)nnc1-c1cccc(C)c1. The summed E-state index contributed by atoms with van der Waals surface area (Å²) in [5.41, 5.74) is 7.01.